The summed E-state index contributed by atoms with van der Waals surface area (Å²) in [4.78, 5) is 4.71. The van der Waals surface area contributed by atoms with Crippen molar-refractivity contribution in [3.8, 4) is 33.8 Å². The van der Waals surface area contributed by atoms with E-state index in [9.17, 15) is 0 Å². The lowest BCUT2D eigenvalue weighted by molar-refractivity contribution is 0.455. The van der Waals surface area contributed by atoms with Crippen LogP contribution >= 0.6 is 11.8 Å². The normalized spacial score (nSPS) is 13.7. The molecule has 0 bridgehead atoms. The summed E-state index contributed by atoms with van der Waals surface area (Å²) in [5.41, 5.74) is 11.1. The second-order valence-corrected chi connectivity index (χ2v) is 13.7. The van der Waals surface area contributed by atoms with Crippen LogP contribution in [0.5, 0.6) is 11.5 Å². The van der Waals surface area contributed by atoms with E-state index in [0.29, 0.717) is 0 Å². The van der Waals surface area contributed by atoms with Crippen molar-refractivity contribution in [3.63, 3.8) is 0 Å². The standard InChI is InChI=1S/C43H31NOS/c1-43(2)36-14-6-5-13-34(36)35-24-23-32(27-37(35)43)44(38-15-9-11-29-10-3-4-12-33(29)38)31-21-18-28(19-22-31)30-20-25-42-40(26-30)45-39-16-7-8-17-41(39)46-42/h3-27H,1-2H3. The second-order valence-electron chi connectivity index (χ2n) is 12.6. The summed E-state index contributed by atoms with van der Waals surface area (Å²) in [6.07, 6.45) is 0. The number of benzene rings is 7. The zero-order valence-electron chi connectivity index (χ0n) is 25.7. The molecule has 46 heavy (non-hydrogen) atoms. The van der Waals surface area contributed by atoms with E-state index in [2.05, 4.69) is 158 Å². The first kappa shape index (κ1) is 27.1. The fourth-order valence-electron chi connectivity index (χ4n) is 7.17. The molecule has 2 aliphatic rings. The number of anilines is 3. The lowest BCUT2D eigenvalue weighted by atomic mass is 9.82. The third kappa shape index (κ3) is 4.27. The van der Waals surface area contributed by atoms with Gasteiger partial charge in [0.15, 0.2) is 0 Å². The molecule has 1 heterocycles. The van der Waals surface area contributed by atoms with E-state index in [4.69, 9.17) is 4.74 Å². The van der Waals surface area contributed by atoms with Gasteiger partial charge in [-0.15, -0.1) is 0 Å². The molecule has 0 atom stereocenters. The van der Waals surface area contributed by atoms with Gasteiger partial charge in [-0.1, -0.05) is 123 Å². The van der Waals surface area contributed by atoms with Crippen LogP contribution in [0.2, 0.25) is 0 Å². The van der Waals surface area contributed by atoms with Gasteiger partial charge in [-0.2, -0.15) is 0 Å². The average molecular weight is 610 g/mol. The molecule has 2 nitrogen and oxygen atoms in total. The Morgan fingerprint density at radius 3 is 2.13 bits per heavy atom. The van der Waals surface area contributed by atoms with Crippen molar-refractivity contribution in [2.75, 3.05) is 4.90 Å². The Balaban J connectivity index is 1.14. The van der Waals surface area contributed by atoms with Crippen molar-refractivity contribution in [2.45, 2.75) is 29.1 Å². The van der Waals surface area contributed by atoms with Crippen LogP contribution in [0.25, 0.3) is 33.0 Å². The summed E-state index contributed by atoms with van der Waals surface area (Å²) in [6.45, 7) is 4.69. The molecule has 3 heteroatoms. The highest BCUT2D eigenvalue weighted by atomic mass is 32.2. The summed E-state index contributed by atoms with van der Waals surface area (Å²) in [7, 11) is 0. The minimum atomic E-state index is -0.0798. The molecule has 7 aromatic carbocycles. The van der Waals surface area contributed by atoms with Crippen LogP contribution in [0.1, 0.15) is 25.0 Å². The molecular formula is C43H31NOS. The summed E-state index contributed by atoms with van der Waals surface area (Å²) in [5.74, 6) is 1.82. The van der Waals surface area contributed by atoms with Crippen molar-refractivity contribution in [1.82, 2.24) is 0 Å². The van der Waals surface area contributed by atoms with E-state index in [-0.39, 0.29) is 5.41 Å². The summed E-state index contributed by atoms with van der Waals surface area (Å²) >= 11 is 1.76. The van der Waals surface area contributed by atoms with Crippen LogP contribution in [0.15, 0.2) is 161 Å². The predicted molar refractivity (Wildman–Crippen MR) is 192 cm³/mol. The van der Waals surface area contributed by atoms with Crippen LogP contribution in [0.3, 0.4) is 0 Å². The number of rotatable bonds is 4. The van der Waals surface area contributed by atoms with Crippen molar-refractivity contribution < 1.29 is 4.74 Å². The maximum absolute atomic E-state index is 6.31. The molecule has 0 amide bonds. The topological polar surface area (TPSA) is 12.5 Å². The Bertz CT molecular complexity index is 2300. The molecule has 9 rings (SSSR count). The van der Waals surface area contributed by atoms with Gasteiger partial charge in [0.1, 0.15) is 11.5 Å². The number of fused-ring (bicyclic) bond motifs is 6. The summed E-state index contributed by atoms with van der Waals surface area (Å²) < 4.78 is 6.31. The van der Waals surface area contributed by atoms with Gasteiger partial charge in [0, 0.05) is 22.2 Å². The Hall–Kier alpha value is -5.25. The van der Waals surface area contributed by atoms with Crippen molar-refractivity contribution >= 4 is 39.6 Å². The molecule has 0 fully saturated rings. The van der Waals surface area contributed by atoms with Crippen LogP contribution in [-0.2, 0) is 5.41 Å². The minimum absolute atomic E-state index is 0.0798. The highest BCUT2D eigenvalue weighted by Crippen LogP contribution is 2.51. The van der Waals surface area contributed by atoms with Gasteiger partial charge in [0.25, 0.3) is 0 Å². The van der Waals surface area contributed by atoms with E-state index in [1.54, 1.807) is 11.8 Å². The number of hydrogen-bond donors (Lipinski definition) is 0. The molecular weight excluding hydrogens is 579 g/mol. The molecule has 0 saturated heterocycles. The SMILES string of the molecule is CC1(C)c2ccccc2-c2ccc(N(c3ccc(-c4ccc5c(c4)Oc4ccccc4S5)cc3)c3cccc4ccccc34)cc21. The maximum Gasteiger partial charge on any atom is 0.142 e. The van der Waals surface area contributed by atoms with E-state index in [1.807, 2.05) is 12.1 Å². The Labute approximate surface area is 273 Å². The van der Waals surface area contributed by atoms with Gasteiger partial charge in [-0.3, -0.25) is 0 Å². The number of hydrogen-bond acceptors (Lipinski definition) is 3. The molecule has 0 saturated carbocycles. The van der Waals surface area contributed by atoms with Gasteiger partial charge in [0.05, 0.1) is 15.5 Å². The van der Waals surface area contributed by atoms with Gasteiger partial charge < -0.3 is 9.64 Å². The van der Waals surface area contributed by atoms with Crippen molar-refractivity contribution in [3.05, 3.63) is 163 Å². The fourth-order valence-corrected chi connectivity index (χ4v) is 8.10. The maximum atomic E-state index is 6.31. The third-order valence-electron chi connectivity index (χ3n) is 9.52. The Morgan fingerprint density at radius 1 is 0.522 bits per heavy atom. The molecule has 1 aliphatic carbocycles. The molecule has 0 spiro atoms. The molecule has 1 aliphatic heterocycles. The number of nitrogens with zero attached hydrogens (tertiary/aromatic N) is 1. The quantitative estimate of drug-likeness (QED) is 0.197. The molecule has 0 aromatic heterocycles. The molecule has 220 valence electrons. The van der Waals surface area contributed by atoms with Crippen LogP contribution in [-0.4, -0.2) is 0 Å². The highest BCUT2D eigenvalue weighted by molar-refractivity contribution is 7.99. The first-order valence-corrected chi connectivity index (χ1v) is 16.6. The Morgan fingerprint density at radius 2 is 1.22 bits per heavy atom. The van der Waals surface area contributed by atoms with Gasteiger partial charge >= 0.3 is 0 Å². The second kappa shape index (κ2) is 10.4. The van der Waals surface area contributed by atoms with E-state index >= 15 is 0 Å². The van der Waals surface area contributed by atoms with E-state index < -0.39 is 0 Å². The number of ether oxygens (including phenoxy) is 1. The summed E-state index contributed by atoms with van der Waals surface area (Å²) in [6, 6.07) is 54.8. The lowest BCUT2D eigenvalue weighted by Crippen LogP contribution is -2.16. The van der Waals surface area contributed by atoms with Crippen LogP contribution < -0.4 is 9.64 Å². The zero-order valence-corrected chi connectivity index (χ0v) is 26.5. The predicted octanol–water partition coefficient (Wildman–Crippen LogP) is 12.5. The van der Waals surface area contributed by atoms with E-state index in [1.165, 1.54) is 33.0 Å². The van der Waals surface area contributed by atoms with Crippen molar-refractivity contribution in [1.29, 1.82) is 0 Å². The monoisotopic (exact) mass is 609 g/mol. The third-order valence-corrected chi connectivity index (χ3v) is 10.6. The van der Waals surface area contributed by atoms with E-state index in [0.717, 1.165) is 49.5 Å². The van der Waals surface area contributed by atoms with Gasteiger partial charge in [-0.05, 0) is 93.4 Å². The van der Waals surface area contributed by atoms with Gasteiger partial charge in [0.2, 0.25) is 0 Å². The molecule has 0 N–H and O–H groups in total. The largest absolute Gasteiger partial charge is 0.455 e. The summed E-state index contributed by atoms with van der Waals surface area (Å²) in [5, 5.41) is 2.45. The highest BCUT2D eigenvalue weighted by Gasteiger charge is 2.35. The fraction of sp³-hybridized carbons (Fsp3) is 0.0698. The first-order valence-electron chi connectivity index (χ1n) is 15.8. The van der Waals surface area contributed by atoms with Crippen molar-refractivity contribution in [2.24, 2.45) is 0 Å². The zero-order chi connectivity index (χ0) is 30.8. The van der Waals surface area contributed by atoms with Crippen LogP contribution in [0.4, 0.5) is 17.1 Å². The molecule has 0 unspecified atom stereocenters. The van der Waals surface area contributed by atoms with Gasteiger partial charge in [-0.25, -0.2) is 0 Å². The Kier molecular flexibility index (Phi) is 6.13. The first-order chi connectivity index (χ1) is 22.5. The minimum Gasteiger partial charge on any atom is -0.455 e. The lowest BCUT2D eigenvalue weighted by Gasteiger charge is -2.29. The van der Waals surface area contributed by atoms with Crippen LogP contribution in [0, 0.1) is 0 Å². The number of para-hydroxylation sites is 1. The smallest absolute Gasteiger partial charge is 0.142 e. The average Bonchev–Trinajstić information content (AvgIpc) is 3.33. The molecule has 0 radical (unpaired) electrons. The molecule has 7 aromatic rings.